The van der Waals surface area contributed by atoms with Crippen molar-refractivity contribution in [2.75, 3.05) is 36.4 Å². The minimum atomic E-state index is -0.0329. The molecule has 0 unspecified atom stereocenters. The molecular weight excluding hydrogens is 386 g/mol. The fourth-order valence-electron chi connectivity index (χ4n) is 3.65. The molecule has 164 valence electrons. The maximum absolute atomic E-state index is 12.2. The van der Waals surface area contributed by atoms with E-state index in [0.717, 1.165) is 44.8 Å². The Morgan fingerprint density at radius 3 is 2.21 bits per heavy atom. The zero-order valence-electron chi connectivity index (χ0n) is 18.0. The molecule has 0 aliphatic carbocycles. The lowest BCUT2D eigenvalue weighted by atomic mass is 10.1. The third-order valence-corrected chi connectivity index (χ3v) is 5.57. The highest BCUT2D eigenvalue weighted by atomic mass is 35.5. The number of aromatic nitrogens is 2. The van der Waals surface area contributed by atoms with Crippen LogP contribution in [0.3, 0.4) is 0 Å². The molecule has 1 fully saturated rings. The minimum absolute atomic E-state index is 0.0329. The molecule has 2 heterocycles. The zero-order chi connectivity index (χ0) is 20.7. The van der Waals surface area contributed by atoms with Crippen LogP contribution >= 0.6 is 11.6 Å². The fraction of sp³-hybridized carbons (Fsp3) is 0.773. The van der Waals surface area contributed by atoms with E-state index in [2.05, 4.69) is 32.4 Å². The molecule has 2 rings (SSSR count). The van der Waals surface area contributed by atoms with Crippen LogP contribution in [0, 0.1) is 0 Å². The number of carbonyl (C=O) groups is 1. The normalized spacial score (nSPS) is 14.2. The van der Waals surface area contributed by atoms with E-state index in [1.807, 2.05) is 0 Å². The van der Waals surface area contributed by atoms with Crippen LogP contribution < -0.4 is 15.5 Å². The Labute approximate surface area is 181 Å². The smallest absolute Gasteiger partial charge is 0.232 e. The number of piperazine rings is 1. The van der Waals surface area contributed by atoms with Gasteiger partial charge in [0.15, 0.2) is 0 Å². The Balaban J connectivity index is 1.58. The second-order valence-electron chi connectivity index (χ2n) is 7.94. The van der Waals surface area contributed by atoms with Gasteiger partial charge in [0.1, 0.15) is 11.0 Å². The average Bonchev–Trinajstić information content (AvgIpc) is 2.72. The summed E-state index contributed by atoms with van der Waals surface area (Å²) in [7, 11) is 0. The van der Waals surface area contributed by atoms with Crippen molar-refractivity contribution in [1.82, 2.24) is 15.3 Å². The summed E-state index contributed by atoms with van der Waals surface area (Å²) >= 11 is 6.13. The second-order valence-corrected chi connectivity index (χ2v) is 8.33. The lowest BCUT2D eigenvalue weighted by molar-refractivity contribution is -0.116. The van der Waals surface area contributed by atoms with Gasteiger partial charge in [-0.25, -0.2) is 4.98 Å². The number of anilines is 2. The Hall–Kier alpha value is -1.40. The molecule has 2 N–H and O–H groups in total. The third-order valence-electron chi connectivity index (χ3n) is 5.38. The Morgan fingerprint density at radius 2 is 1.59 bits per heavy atom. The fourth-order valence-corrected chi connectivity index (χ4v) is 3.83. The largest absolute Gasteiger partial charge is 0.354 e. The van der Waals surface area contributed by atoms with Crippen LogP contribution in [-0.2, 0) is 4.79 Å². The molecule has 1 amide bonds. The number of halogens is 1. The summed E-state index contributed by atoms with van der Waals surface area (Å²) in [5, 5.41) is 6.48. The first-order valence-corrected chi connectivity index (χ1v) is 11.9. The first-order chi connectivity index (χ1) is 14.2. The molecule has 29 heavy (non-hydrogen) atoms. The second kappa shape index (κ2) is 14.6. The molecule has 1 aromatic heterocycles. The van der Waals surface area contributed by atoms with Crippen LogP contribution in [0.4, 0.5) is 11.8 Å². The summed E-state index contributed by atoms with van der Waals surface area (Å²) in [4.78, 5) is 23.0. The highest BCUT2D eigenvalue weighted by Crippen LogP contribution is 2.19. The van der Waals surface area contributed by atoms with Gasteiger partial charge < -0.3 is 10.2 Å². The van der Waals surface area contributed by atoms with E-state index < -0.39 is 0 Å². The Morgan fingerprint density at radius 1 is 1.00 bits per heavy atom. The highest BCUT2D eigenvalue weighted by molar-refractivity contribution is 6.29. The number of hydrogen-bond donors (Lipinski definition) is 2. The van der Waals surface area contributed by atoms with Gasteiger partial charge in [0.05, 0.1) is 0 Å². The van der Waals surface area contributed by atoms with Gasteiger partial charge in [-0.3, -0.25) is 10.1 Å². The molecule has 0 saturated carbocycles. The maximum Gasteiger partial charge on any atom is 0.232 e. The molecule has 0 atom stereocenters. The number of nitrogens with one attached hydrogen (secondary N) is 2. The monoisotopic (exact) mass is 423 g/mol. The molecule has 0 bridgehead atoms. The molecule has 1 saturated heterocycles. The van der Waals surface area contributed by atoms with Gasteiger partial charge >= 0.3 is 0 Å². The van der Waals surface area contributed by atoms with Crippen molar-refractivity contribution in [3.8, 4) is 0 Å². The number of unbranched alkanes of at least 4 members (excludes halogenated alkanes) is 10. The summed E-state index contributed by atoms with van der Waals surface area (Å²) in [6, 6.07) is 1.76. The van der Waals surface area contributed by atoms with Gasteiger partial charge in [-0.05, 0) is 6.42 Å². The van der Waals surface area contributed by atoms with Crippen molar-refractivity contribution in [2.45, 2.75) is 84.0 Å². The van der Waals surface area contributed by atoms with E-state index in [-0.39, 0.29) is 5.91 Å². The molecule has 1 aliphatic rings. The van der Waals surface area contributed by atoms with Crippen LogP contribution in [0.1, 0.15) is 84.0 Å². The molecule has 0 aromatic carbocycles. The quantitative estimate of drug-likeness (QED) is 0.318. The molecule has 6 nitrogen and oxygen atoms in total. The van der Waals surface area contributed by atoms with Crippen molar-refractivity contribution in [2.24, 2.45) is 0 Å². The standard InChI is InChI=1S/C22H38ClN5O/c1-2-3-4-5-6-7-8-9-10-11-12-13-21(29)27-22-25-19(23)18-20(26-22)28-16-14-24-15-17-28/h18,24H,2-17H2,1H3,(H,25,26,27,29). The van der Waals surface area contributed by atoms with Crippen molar-refractivity contribution in [3.63, 3.8) is 0 Å². The number of rotatable bonds is 14. The number of carbonyl (C=O) groups excluding carboxylic acids is 1. The van der Waals surface area contributed by atoms with E-state index >= 15 is 0 Å². The van der Waals surface area contributed by atoms with Crippen LogP contribution in [0.5, 0.6) is 0 Å². The summed E-state index contributed by atoms with van der Waals surface area (Å²) in [5.74, 6) is 1.05. The molecular formula is C22H38ClN5O. The zero-order valence-corrected chi connectivity index (χ0v) is 18.8. The maximum atomic E-state index is 12.2. The molecule has 0 spiro atoms. The topological polar surface area (TPSA) is 70.2 Å². The summed E-state index contributed by atoms with van der Waals surface area (Å²) < 4.78 is 0. The Bertz CT molecular complexity index is 593. The summed E-state index contributed by atoms with van der Waals surface area (Å²) in [6.45, 7) is 5.84. The van der Waals surface area contributed by atoms with Crippen LogP contribution in [0.25, 0.3) is 0 Å². The summed E-state index contributed by atoms with van der Waals surface area (Å²) in [6.07, 6.45) is 14.5. The number of amides is 1. The molecule has 1 aliphatic heterocycles. The molecule has 0 radical (unpaired) electrons. The van der Waals surface area contributed by atoms with Gasteiger partial charge in [0.25, 0.3) is 0 Å². The van der Waals surface area contributed by atoms with Gasteiger partial charge in [-0.15, -0.1) is 0 Å². The van der Waals surface area contributed by atoms with Gasteiger partial charge in [0, 0.05) is 38.7 Å². The third kappa shape index (κ3) is 10.3. The average molecular weight is 424 g/mol. The van der Waals surface area contributed by atoms with Crippen molar-refractivity contribution in [1.29, 1.82) is 0 Å². The molecule has 1 aromatic rings. The van der Waals surface area contributed by atoms with Gasteiger partial charge in [-0.1, -0.05) is 82.7 Å². The predicted molar refractivity (Wildman–Crippen MR) is 122 cm³/mol. The lowest BCUT2D eigenvalue weighted by Gasteiger charge is -2.28. The number of hydrogen-bond acceptors (Lipinski definition) is 5. The van der Waals surface area contributed by atoms with E-state index in [1.54, 1.807) is 6.07 Å². The van der Waals surface area contributed by atoms with E-state index in [4.69, 9.17) is 11.6 Å². The molecule has 7 heteroatoms. The van der Waals surface area contributed by atoms with Crippen molar-refractivity contribution < 1.29 is 4.79 Å². The van der Waals surface area contributed by atoms with Crippen LogP contribution in [-0.4, -0.2) is 42.1 Å². The van der Waals surface area contributed by atoms with E-state index in [9.17, 15) is 4.79 Å². The van der Waals surface area contributed by atoms with E-state index in [0.29, 0.717) is 17.5 Å². The summed E-state index contributed by atoms with van der Waals surface area (Å²) in [5.41, 5.74) is 0. The van der Waals surface area contributed by atoms with Gasteiger partial charge in [-0.2, -0.15) is 4.98 Å². The first-order valence-electron chi connectivity index (χ1n) is 11.5. The lowest BCUT2D eigenvalue weighted by Crippen LogP contribution is -2.44. The van der Waals surface area contributed by atoms with Crippen LogP contribution in [0.2, 0.25) is 5.15 Å². The van der Waals surface area contributed by atoms with Crippen molar-refractivity contribution >= 4 is 29.3 Å². The van der Waals surface area contributed by atoms with Crippen molar-refractivity contribution in [3.05, 3.63) is 11.2 Å². The SMILES string of the molecule is CCCCCCCCCCCCCC(=O)Nc1nc(Cl)cc(N2CCNCC2)n1. The first kappa shape index (κ1) is 23.9. The van der Waals surface area contributed by atoms with Crippen LogP contribution in [0.15, 0.2) is 6.07 Å². The highest BCUT2D eigenvalue weighted by Gasteiger charge is 2.15. The predicted octanol–water partition coefficient (Wildman–Crippen LogP) is 5.18. The van der Waals surface area contributed by atoms with E-state index in [1.165, 1.54) is 57.8 Å². The Kier molecular flexibility index (Phi) is 12.0. The minimum Gasteiger partial charge on any atom is -0.354 e. The number of nitrogens with zero attached hydrogens (tertiary/aromatic N) is 3. The van der Waals surface area contributed by atoms with Gasteiger partial charge in [0.2, 0.25) is 11.9 Å².